The van der Waals surface area contributed by atoms with E-state index in [0.717, 1.165) is 12.0 Å². The number of unbranched alkanes of at least 4 members (excludes halogenated alkanes) is 5. The molecule has 0 radical (unpaired) electrons. The standard InChI is InChI=1S/C22H33NO/c1-3-4-5-6-7-8-9-18-10-11-19-12-14-21(22(2,23)17-24)15-13-20(19)16-18/h10-12,14-16,24H,3-9,13,17,23H2,1-2H3/t22-/m0/s1. The Morgan fingerprint density at radius 3 is 2.58 bits per heavy atom. The van der Waals surface area contributed by atoms with Crippen LogP contribution in [0.1, 0.15) is 69.1 Å². The topological polar surface area (TPSA) is 46.2 Å². The first-order chi connectivity index (χ1) is 11.6. The van der Waals surface area contributed by atoms with Crippen molar-refractivity contribution in [2.45, 2.75) is 70.8 Å². The Morgan fingerprint density at radius 2 is 1.83 bits per heavy atom. The monoisotopic (exact) mass is 327 g/mol. The van der Waals surface area contributed by atoms with Gasteiger partial charge in [-0.3, -0.25) is 0 Å². The lowest BCUT2D eigenvalue weighted by atomic mass is 9.93. The van der Waals surface area contributed by atoms with Gasteiger partial charge in [0.1, 0.15) is 0 Å². The Kier molecular flexibility index (Phi) is 7.26. The molecule has 0 aliphatic heterocycles. The number of hydrogen-bond acceptors (Lipinski definition) is 2. The summed E-state index contributed by atoms with van der Waals surface area (Å²) in [5, 5.41) is 9.47. The van der Waals surface area contributed by atoms with Crippen LogP contribution in [0.5, 0.6) is 0 Å². The van der Waals surface area contributed by atoms with E-state index in [2.05, 4.69) is 43.4 Å². The normalized spacial score (nSPS) is 16.2. The summed E-state index contributed by atoms with van der Waals surface area (Å²) in [5.41, 5.74) is 10.6. The Bertz CT molecular complexity index is 584. The van der Waals surface area contributed by atoms with Crippen LogP contribution in [0.15, 0.2) is 35.9 Å². The Labute approximate surface area is 147 Å². The van der Waals surface area contributed by atoms with Gasteiger partial charge in [0.2, 0.25) is 0 Å². The molecule has 0 bridgehead atoms. The third-order valence-corrected chi connectivity index (χ3v) is 5.00. The lowest BCUT2D eigenvalue weighted by Gasteiger charge is -2.23. The molecule has 1 aromatic carbocycles. The van der Waals surface area contributed by atoms with Crippen LogP contribution < -0.4 is 5.73 Å². The number of aliphatic hydroxyl groups excluding tert-OH is 1. The SMILES string of the molecule is CCCCCCCCc1ccc2c(c1)CC=C([C@@](C)(N)CO)C=C2. The van der Waals surface area contributed by atoms with Crippen LogP contribution >= 0.6 is 0 Å². The molecule has 2 rings (SSSR count). The maximum absolute atomic E-state index is 9.47. The number of benzene rings is 1. The van der Waals surface area contributed by atoms with Crippen molar-refractivity contribution in [3.63, 3.8) is 0 Å². The molecular weight excluding hydrogens is 294 g/mol. The summed E-state index contributed by atoms with van der Waals surface area (Å²) >= 11 is 0. The second-order valence-corrected chi connectivity index (χ2v) is 7.32. The minimum absolute atomic E-state index is 0.0389. The van der Waals surface area contributed by atoms with Crippen LogP contribution in [0, 0.1) is 0 Å². The van der Waals surface area contributed by atoms with E-state index in [1.54, 1.807) is 0 Å². The summed E-state index contributed by atoms with van der Waals surface area (Å²) in [6.07, 6.45) is 16.4. The van der Waals surface area contributed by atoms with Crippen molar-refractivity contribution in [2.24, 2.45) is 5.73 Å². The maximum atomic E-state index is 9.47. The van der Waals surface area contributed by atoms with Crippen LogP contribution in [-0.2, 0) is 12.8 Å². The van der Waals surface area contributed by atoms with Crippen molar-refractivity contribution in [3.05, 3.63) is 52.6 Å². The fourth-order valence-electron chi connectivity index (χ4n) is 3.25. The molecule has 3 N–H and O–H groups in total. The molecule has 0 unspecified atom stereocenters. The van der Waals surface area contributed by atoms with E-state index in [9.17, 15) is 5.11 Å². The lowest BCUT2D eigenvalue weighted by molar-refractivity contribution is 0.233. The molecule has 0 heterocycles. The molecule has 0 spiro atoms. The fourth-order valence-corrected chi connectivity index (χ4v) is 3.25. The van der Waals surface area contributed by atoms with Crippen LogP contribution in [0.3, 0.4) is 0 Å². The molecule has 0 fully saturated rings. The van der Waals surface area contributed by atoms with Crippen LogP contribution in [0.4, 0.5) is 0 Å². The van der Waals surface area contributed by atoms with Crippen molar-refractivity contribution in [1.82, 2.24) is 0 Å². The maximum Gasteiger partial charge on any atom is 0.0650 e. The molecule has 1 aromatic rings. The first-order valence-corrected chi connectivity index (χ1v) is 9.47. The third kappa shape index (κ3) is 5.32. The van der Waals surface area contributed by atoms with Gasteiger partial charge >= 0.3 is 0 Å². The number of aryl methyl sites for hydroxylation is 1. The zero-order valence-corrected chi connectivity index (χ0v) is 15.4. The van der Waals surface area contributed by atoms with E-state index in [1.165, 1.54) is 61.6 Å². The molecule has 132 valence electrons. The van der Waals surface area contributed by atoms with Gasteiger partial charge in [0.15, 0.2) is 0 Å². The Balaban J connectivity index is 1.95. The first-order valence-electron chi connectivity index (χ1n) is 9.47. The van der Waals surface area contributed by atoms with Gasteiger partial charge in [0.05, 0.1) is 12.1 Å². The van der Waals surface area contributed by atoms with E-state index in [4.69, 9.17) is 5.73 Å². The number of fused-ring (bicyclic) bond motifs is 1. The molecule has 2 heteroatoms. The van der Waals surface area contributed by atoms with E-state index < -0.39 is 5.54 Å². The first kappa shape index (κ1) is 19.0. The summed E-state index contributed by atoms with van der Waals surface area (Å²) in [4.78, 5) is 0. The number of nitrogens with two attached hydrogens (primary N) is 1. The lowest BCUT2D eigenvalue weighted by Crippen LogP contribution is -2.41. The van der Waals surface area contributed by atoms with Gasteiger partial charge in [-0.15, -0.1) is 0 Å². The minimum atomic E-state index is -0.667. The molecular formula is C22H33NO. The minimum Gasteiger partial charge on any atom is -0.394 e. The molecule has 1 aliphatic carbocycles. The van der Waals surface area contributed by atoms with Crippen molar-refractivity contribution in [1.29, 1.82) is 0 Å². The van der Waals surface area contributed by atoms with Crippen LogP contribution in [0.25, 0.3) is 6.08 Å². The molecule has 2 nitrogen and oxygen atoms in total. The number of aliphatic hydroxyl groups is 1. The molecule has 0 saturated carbocycles. The van der Waals surface area contributed by atoms with Crippen molar-refractivity contribution in [2.75, 3.05) is 6.61 Å². The quantitative estimate of drug-likeness (QED) is 0.640. The number of rotatable bonds is 9. The summed E-state index contributed by atoms with van der Waals surface area (Å²) in [6, 6.07) is 6.83. The highest BCUT2D eigenvalue weighted by Crippen LogP contribution is 2.24. The van der Waals surface area contributed by atoms with Gasteiger partial charge < -0.3 is 10.8 Å². The molecule has 0 aromatic heterocycles. The van der Waals surface area contributed by atoms with E-state index in [-0.39, 0.29) is 6.61 Å². The highest BCUT2D eigenvalue weighted by molar-refractivity contribution is 5.61. The van der Waals surface area contributed by atoms with Crippen molar-refractivity contribution in [3.8, 4) is 0 Å². The van der Waals surface area contributed by atoms with Gasteiger partial charge in [-0.25, -0.2) is 0 Å². The molecule has 0 saturated heterocycles. The smallest absolute Gasteiger partial charge is 0.0650 e. The van der Waals surface area contributed by atoms with Crippen molar-refractivity contribution < 1.29 is 5.11 Å². The van der Waals surface area contributed by atoms with E-state index >= 15 is 0 Å². The summed E-state index contributed by atoms with van der Waals surface area (Å²) in [7, 11) is 0. The zero-order chi connectivity index (χ0) is 17.4. The highest BCUT2D eigenvalue weighted by atomic mass is 16.3. The molecule has 24 heavy (non-hydrogen) atoms. The summed E-state index contributed by atoms with van der Waals surface area (Å²) in [6.45, 7) is 4.10. The average Bonchev–Trinajstić information content (AvgIpc) is 2.80. The van der Waals surface area contributed by atoms with Crippen LogP contribution in [0.2, 0.25) is 0 Å². The largest absolute Gasteiger partial charge is 0.394 e. The molecule has 0 amide bonds. The van der Waals surface area contributed by atoms with Gasteiger partial charge in [-0.1, -0.05) is 75.5 Å². The predicted molar refractivity (Wildman–Crippen MR) is 104 cm³/mol. The highest BCUT2D eigenvalue weighted by Gasteiger charge is 2.21. The van der Waals surface area contributed by atoms with Gasteiger partial charge in [0, 0.05) is 0 Å². The summed E-state index contributed by atoms with van der Waals surface area (Å²) in [5.74, 6) is 0. The van der Waals surface area contributed by atoms with Gasteiger partial charge in [-0.2, -0.15) is 0 Å². The number of allylic oxidation sites excluding steroid dienone is 1. The predicted octanol–water partition coefficient (Wildman–Crippen LogP) is 4.80. The second-order valence-electron chi connectivity index (χ2n) is 7.32. The van der Waals surface area contributed by atoms with Gasteiger partial charge in [0.25, 0.3) is 0 Å². The fraction of sp³-hybridized carbons (Fsp3) is 0.545. The average molecular weight is 328 g/mol. The second kappa shape index (κ2) is 9.19. The summed E-state index contributed by atoms with van der Waals surface area (Å²) < 4.78 is 0. The van der Waals surface area contributed by atoms with E-state index in [0.29, 0.717) is 0 Å². The van der Waals surface area contributed by atoms with Crippen LogP contribution in [-0.4, -0.2) is 17.3 Å². The van der Waals surface area contributed by atoms with Gasteiger partial charge in [-0.05, 0) is 48.4 Å². The Morgan fingerprint density at radius 1 is 1.08 bits per heavy atom. The van der Waals surface area contributed by atoms with Crippen molar-refractivity contribution >= 4 is 6.08 Å². The number of hydrogen-bond donors (Lipinski definition) is 2. The molecule has 1 aliphatic rings. The zero-order valence-electron chi connectivity index (χ0n) is 15.4. The third-order valence-electron chi connectivity index (χ3n) is 5.00. The van der Waals surface area contributed by atoms with E-state index in [1.807, 2.05) is 6.92 Å². The Hall–Kier alpha value is -1.38. The molecule has 1 atom stereocenters.